The Bertz CT molecular complexity index is 689. The van der Waals surface area contributed by atoms with Crippen molar-refractivity contribution in [3.05, 3.63) is 53.6 Å². The Hall–Kier alpha value is -2.24. The predicted octanol–water partition coefficient (Wildman–Crippen LogP) is 2.44. The minimum atomic E-state index is 0.0828. The summed E-state index contributed by atoms with van der Waals surface area (Å²) in [6.45, 7) is 1.19. The zero-order valence-electron chi connectivity index (χ0n) is 12.1. The number of hydrazine groups is 1. The Labute approximate surface area is 128 Å². The summed E-state index contributed by atoms with van der Waals surface area (Å²) in [5, 5.41) is 9.98. The van der Waals surface area contributed by atoms with E-state index in [1.54, 1.807) is 6.07 Å². The average molecular weight is 298 g/mol. The molecule has 2 unspecified atom stereocenters. The molecule has 1 fully saturated rings. The van der Waals surface area contributed by atoms with E-state index in [0.29, 0.717) is 19.0 Å². The first-order chi connectivity index (χ1) is 10.8. The molecule has 2 aromatic rings. The number of hydrogen-bond donors (Lipinski definition) is 3. The standard InChI is InChI=1S/C17H18N2O3/c20-15-4-2-1-3-12(15)14-10-13(18-19-14)11-5-6-16-17(9-11)22-8-7-21-16/h1-6,9,13-14,18-20H,7-8,10H2. The summed E-state index contributed by atoms with van der Waals surface area (Å²) in [5.41, 5.74) is 8.62. The van der Waals surface area contributed by atoms with Gasteiger partial charge in [-0.05, 0) is 30.2 Å². The van der Waals surface area contributed by atoms with Gasteiger partial charge < -0.3 is 14.6 Å². The molecular formula is C17H18N2O3. The van der Waals surface area contributed by atoms with Crippen LogP contribution in [-0.4, -0.2) is 18.3 Å². The van der Waals surface area contributed by atoms with Gasteiger partial charge in [-0.15, -0.1) is 0 Å². The molecule has 114 valence electrons. The maximum Gasteiger partial charge on any atom is 0.161 e. The molecule has 0 aromatic heterocycles. The van der Waals surface area contributed by atoms with E-state index < -0.39 is 0 Å². The highest BCUT2D eigenvalue weighted by molar-refractivity contribution is 5.45. The van der Waals surface area contributed by atoms with Crippen molar-refractivity contribution < 1.29 is 14.6 Å². The molecule has 3 N–H and O–H groups in total. The number of benzene rings is 2. The van der Waals surface area contributed by atoms with E-state index in [2.05, 4.69) is 16.9 Å². The van der Waals surface area contributed by atoms with Gasteiger partial charge in [0.1, 0.15) is 19.0 Å². The third kappa shape index (κ3) is 2.38. The van der Waals surface area contributed by atoms with Crippen LogP contribution in [0.5, 0.6) is 17.2 Å². The maximum atomic E-state index is 9.98. The van der Waals surface area contributed by atoms with E-state index in [-0.39, 0.29) is 12.1 Å². The van der Waals surface area contributed by atoms with Crippen LogP contribution in [0, 0.1) is 0 Å². The zero-order chi connectivity index (χ0) is 14.9. The molecular weight excluding hydrogens is 280 g/mol. The Balaban J connectivity index is 1.54. The molecule has 5 heteroatoms. The molecule has 0 aliphatic carbocycles. The highest BCUT2D eigenvalue weighted by atomic mass is 16.6. The summed E-state index contributed by atoms with van der Waals surface area (Å²) in [5.74, 6) is 1.93. The lowest BCUT2D eigenvalue weighted by Gasteiger charge is -2.20. The first kappa shape index (κ1) is 13.4. The highest BCUT2D eigenvalue weighted by Gasteiger charge is 2.28. The van der Waals surface area contributed by atoms with E-state index in [1.165, 1.54) is 0 Å². The van der Waals surface area contributed by atoms with Crippen molar-refractivity contribution in [1.82, 2.24) is 10.9 Å². The van der Waals surface area contributed by atoms with Crippen LogP contribution >= 0.6 is 0 Å². The Morgan fingerprint density at radius 1 is 0.909 bits per heavy atom. The molecule has 4 rings (SSSR count). The van der Waals surface area contributed by atoms with Crippen molar-refractivity contribution in [2.75, 3.05) is 13.2 Å². The van der Waals surface area contributed by atoms with Gasteiger partial charge in [0.2, 0.25) is 0 Å². The average Bonchev–Trinajstić information content (AvgIpc) is 3.04. The first-order valence-corrected chi connectivity index (χ1v) is 7.50. The Kier molecular flexibility index (Phi) is 3.36. The van der Waals surface area contributed by atoms with Crippen molar-refractivity contribution in [2.24, 2.45) is 0 Å². The van der Waals surface area contributed by atoms with Gasteiger partial charge in [0, 0.05) is 11.6 Å². The second-order valence-corrected chi connectivity index (χ2v) is 5.59. The van der Waals surface area contributed by atoms with Crippen molar-refractivity contribution in [1.29, 1.82) is 0 Å². The lowest BCUT2D eigenvalue weighted by Crippen LogP contribution is -2.26. The van der Waals surface area contributed by atoms with Crippen LogP contribution in [0.25, 0.3) is 0 Å². The molecule has 2 atom stereocenters. The molecule has 0 radical (unpaired) electrons. The molecule has 0 saturated carbocycles. The van der Waals surface area contributed by atoms with E-state index in [4.69, 9.17) is 9.47 Å². The van der Waals surface area contributed by atoms with E-state index >= 15 is 0 Å². The zero-order valence-corrected chi connectivity index (χ0v) is 12.1. The molecule has 5 nitrogen and oxygen atoms in total. The van der Waals surface area contributed by atoms with Gasteiger partial charge in [-0.3, -0.25) is 0 Å². The smallest absolute Gasteiger partial charge is 0.161 e. The van der Waals surface area contributed by atoms with E-state index in [0.717, 1.165) is 29.0 Å². The fourth-order valence-corrected chi connectivity index (χ4v) is 3.04. The van der Waals surface area contributed by atoms with Gasteiger partial charge in [-0.1, -0.05) is 24.3 Å². The third-order valence-electron chi connectivity index (χ3n) is 4.18. The van der Waals surface area contributed by atoms with Crippen LogP contribution in [0.15, 0.2) is 42.5 Å². The van der Waals surface area contributed by atoms with Crippen LogP contribution in [0.4, 0.5) is 0 Å². The normalized spacial score (nSPS) is 23.5. The Morgan fingerprint density at radius 3 is 2.55 bits per heavy atom. The lowest BCUT2D eigenvalue weighted by molar-refractivity contribution is 0.171. The fraction of sp³-hybridized carbons (Fsp3) is 0.294. The first-order valence-electron chi connectivity index (χ1n) is 7.50. The molecule has 2 aliphatic heterocycles. The van der Waals surface area contributed by atoms with Crippen molar-refractivity contribution in [3.8, 4) is 17.2 Å². The van der Waals surface area contributed by atoms with E-state index in [9.17, 15) is 5.11 Å². The largest absolute Gasteiger partial charge is 0.508 e. The van der Waals surface area contributed by atoms with Gasteiger partial charge in [0.15, 0.2) is 11.5 Å². The molecule has 0 spiro atoms. The summed E-state index contributed by atoms with van der Waals surface area (Å²) in [4.78, 5) is 0. The molecule has 2 aliphatic rings. The minimum Gasteiger partial charge on any atom is -0.508 e. The fourth-order valence-electron chi connectivity index (χ4n) is 3.04. The molecule has 2 heterocycles. The quantitative estimate of drug-likeness (QED) is 0.795. The van der Waals surface area contributed by atoms with Crippen LogP contribution in [0.1, 0.15) is 29.6 Å². The van der Waals surface area contributed by atoms with Crippen molar-refractivity contribution in [2.45, 2.75) is 18.5 Å². The SMILES string of the molecule is Oc1ccccc1C1CC(c2ccc3c(c2)OCCO3)NN1. The molecule has 2 aromatic carbocycles. The second kappa shape index (κ2) is 5.51. The summed E-state index contributed by atoms with van der Waals surface area (Å²) < 4.78 is 11.2. The van der Waals surface area contributed by atoms with Gasteiger partial charge in [-0.2, -0.15) is 0 Å². The van der Waals surface area contributed by atoms with Crippen LogP contribution in [0.2, 0.25) is 0 Å². The molecule has 22 heavy (non-hydrogen) atoms. The third-order valence-corrected chi connectivity index (χ3v) is 4.18. The number of ether oxygens (including phenoxy) is 2. The number of nitrogens with one attached hydrogen (secondary N) is 2. The highest BCUT2D eigenvalue weighted by Crippen LogP contribution is 2.38. The molecule has 0 bridgehead atoms. The number of aromatic hydroxyl groups is 1. The Morgan fingerprint density at radius 2 is 1.68 bits per heavy atom. The van der Waals surface area contributed by atoms with Gasteiger partial charge in [0.25, 0.3) is 0 Å². The van der Waals surface area contributed by atoms with Crippen LogP contribution < -0.4 is 20.3 Å². The number of fused-ring (bicyclic) bond motifs is 1. The van der Waals surface area contributed by atoms with Crippen LogP contribution in [0.3, 0.4) is 0 Å². The molecule has 0 amide bonds. The van der Waals surface area contributed by atoms with E-state index in [1.807, 2.05) is 30.3 Å². The second-order valence-electron chi connectivity index (χ2n) is 5.59. The minimum absolute atomic E-state index is 0.0828. The maximum absolute atomic E-state index is 9.98. The molecule has 1 saturated heterocycles. The monoisotopic (exact) mass is 298 g/mol. The van der Waals surface area contributed by atoms with Gasteiger partial charge in [0.05, 0.1) is 6.04 Å². The van der Waals surface area contributed by atoms with Gasteiger partial charge in [-0.25, -0.2) is 10.9 Å². The topological polar surface area (TPSA) is 62.8 Å². The van der Waals surface area contributed by atoms with Crippen LogP contribution in [-0.2, 0) is 0 Å². The van der Waals surface area contributed by atoms with Crippen molar-refractivity contribution in [3.63, 3.8) is 0 Å². The van der Waals surface area contributed by atoms with Gasteiger partial charge >= 0.3 is 0 Å². The van der Waals surface area contributed by atoms with Crippen molar-refractivity contribution >= 4 is 0 Å². The number of hydrogen-bond acceptors (Lipinski definition) is 5. The summed E-state index contributed by atoms with van der Waals surface area (Å²) in [7, 11) is 0. The predicted molar refractivity (Wildman–Crippen MR) is 81.9 cm³/mol. The summed E-state index contributed by atoms with van der Waals surface area (Å²) >= 11 is 0. The number of phenols is 1. The summed E-state index contributed by atoms with van der Waals surface area (Å²) in [6.07, 6.45) is 0.858. The number of para-hydroxylation sites is 1. The number of rotatable bonds is 2. The lowest BCUT2D eigenvalue weighted by atomic mass is 9.97. The number of phenolic OH excluding ortho intramolecular Hbond substituents is 1. The summed E-state index contributed by atoms with van der Waals surface area (Å²) in [6, 6.07) is 13.7.